The fourth-order valence-electron chi connectivity index (χ4n) is 19.4. The number of hydrogen-bond donors (Lipinski definition) is 8. The largest absolute Gasteiger partial charge is 0.369 e. The smallest absolute Gasteiger partial charge is 0.319 e. The summed E-state index contributed by atoms with van der Waals surface area (Å²) in [5, 5.41) is 22.4. The van der Waals surface area contributed by atoms with Crippen molar-refractivity contribution in [2.24, 2.45) is 84.3 Å². The molecule has 3 aliphatic carbocycles. The molecule has 6 aromatic carbocycles. The number of aromatic nitrogens is 6. The number of benzene rings is 6. The van der Waals surface area contributed by atoms with E-state index in [1.807, 2.05) is 105 Å². The van der Waals surface area contributed by atoms with Gasteiger partial charge in [-0.05, 0) is 194 Å². The van der Waals surface area contributed by atoms with Gasteiger partial charge in [0.15, 0.2) is 35.3 Å². The number of thiazole rings is 1. The third-order valence-electron chi connectivity index (χ3n) is 27.6. The summed E-state index contributed by atoms with van der Waals surface area (Å²) < 4.78 is 32.4. The fraction of sp³-hybridized carbons (Fsp3) is 0.444. The highest BCUT2D eigenvalue weighted by Gasteiger charge is 2.51. The summed E-state index contributed by atoms with van der Waals surface area (Å²) in [6.07, 6.45) is 18.1. The molecular weight excluding hydrogens is 1840 g/mol. The SMILES string of the molecule is CC1(C)N=C(N)N(Cc2ccc(CNC(=O)Nc3cccc(Cl)c3)cc2)C1=O.CN1C(=O)C(C)(c2nc3ccccc3s2)N=C1N.CN1C(=O)C[C@@](C)(c2ccc3c(-c4ccccc4)nn(CC4CC4)c3c2)N=C1N.CN1C(=O)[C@](CCC2CCCCC2)(C[C@H]2CCC[C@@H](Nc3ccc4cccc(Cl)c4n3)C2)N=C1N.Cc1nn(C)c(Cl)c1S(=O)(=O)N1CCCC([C@]2(C)CC(=O)N(C)C(N)=N2)C1. The molecule has 7 atom stereocenters. The minimum Gasteiger partial charge on any atom is -0.369 e. The number of halogens is 3. The lowest BCUT2D eigenvalue weighted by molar-refractivity contribution is -0.132. The number of urea groups is 1. The van der Waals surface area contributed by atoms with Crippen LogP contribution >= 0.6 is 46.1 Å². The molecule has 6 aliphatic heterocycles. The molecule has 0 spiro atoms. The topological polar surface area (TPSA) is 445 Å². The maximum absolute atomic E-state index is 13.4. The average molecular weight is 1960 g/mol. The zero-order valence-corrected chi connectivity index (χ0v) is 83.2. The first-order valence-corrected chi connectivity index (χ1v) is 50.0. The maximum Gasteiger partial charge on any atom is 0.319 e. The molecule has 724 valence electrons. The Morgan fingerprint density at radius 1 is 0.599 bits per heavy atom. The molecule has 0 radical (unpaired) electrons. The van der Waals surface area contributed by atoms with E-state index in [0.717, 1.165) is 130 Å². The summed E-state index contributed by atoms with van der Waals surface area (Å²) in [5.74, 6) is 3.59. The molecule has 10 heterocycles. The van der Waals surface area contributed by atoms with Gasteiger partial charge in [0.05, 0.1) is 62.4 Å². The molecule has 38 heteroatoms. The number of carbonyl (C=O) groups excluding carboxylic acids is 6. The number of carbonyl (C=O) groups is 6. The van der Waals surface area contributed by atoms with Gasteiger partial charge in [0.2, 0.25) is 21.8 Å². The number of guanidine groups is 5. The van der Waals surface area contributed by atoms with Gasteiger partial charge in [0.25, 0.3) is 17.7 Å². The van der Waals surface area contributed by atoms with Crippen molar-refractivity contribution in [3.63, 3.8) is 0 Å². The zero-order valence-electron chi connectivity index (χ0n) is 79.3. The van der Waals surface area contributed by atoms with Crippen molar-refractivity contribution < 1.29 is 37.2 Å². The third-order valence-corrected chi connectivity index (χ3v) is 32.0. The van der Waals surface area contributed by atoms with E-state index >= 15 is 0 Å². The van der Waals surface area contributed by atoms with Gasteiger partial charge in [0.1, 0.15) is 37.6 Å². The summed E-state index contributed by atoms with van der Waals surface area (Å²) in [5.41, 5.74) is 34.6. The summed E-state index contributed by atoms with van der Waals surface area (Å²) in [4.78, 5) is 114. The van der Waals surface area contributed by atoms with E-state index in [4.69, 9.17) is 78.5 Å². The second-order valence-corrected chi connectivity index (χ2v) is 42.5. The highest BCUT2D eigenvalue weighted by molar-refractivity contribution is 7.89. The lowest BCUT2D eigenvalue weighted by Crippen LogP contribution is -2.54. The first-order valence-electron chi connectivity index (χ1n) is 46.6. The van der Waals surface area contributed by atoms with Gasteiger partial charge in [-0.15, -0.1) is 11.3 Å². The number of piperidine rings is 1. The van der Waals surface area contributed by atoms with Crippen LogP contribution in [0.3, 0.4) is 0 Å². The number of anilines is 2. The quantitative estimate of drug-likeness (QED) is 0.0351. The van der Waals surface area contributed by atoms with Gasteiger partial charge in [0, 0.05) is 94.5 Å². The standard InChI is InChI=1S/C28H38ClN5O.C23H25N5O.C20H22ClN5O2.C16H25ClN6O3S.C12H12N4OS/c1-34-26(35)28(33-27(34)30,16-15-19-7-3-2-4-8-19)18-20-9-5-11-22(17-20)31-24-14-13-21-10-6-12-23(29)25(21)32-24;1-23(13-20(29)27(2)22(24)25-23)17-10-11-18-19(12-17)28(14-15-8-9-15)26-21(18)16-6-4-3-5-7-16;1-20(2)17(27)26(18(22)25-20)12-14-8-6-13(7-9-14)11-23-19(28)24-16-5-3-4-15(21)10-16;1-10-13(14(17)22(4)20-10)27(25,26)23-7-5-6-11(9-23)16(2)8-12(24)21(3)15(18)19-16;1-12(10(17)16(2)11(13)15-12)9-14-7-5-3-4-6-8(7)18-9/h6,10,12-14,19-20,22H,2-5,7-9,11,15-18H2,1H3,(H2,30,33)(H,31,32);3-7,10-12,15H,8-9,13-14H2,1-2H3,(H2,24,25);3-10H,11-12H2,1-2H3,(H2,22,25)(H2,23,24,28);11H,5-9H2,1-4H3,(H2,18,19);3-6H,1-2H3,(H2,13,15)/t20-,22+,28-;23-;;11?,16-;/m00.0./s1. The van der Waals surface area contributed by atoms with Crippen LogP contribution in [0.25, 0.3) is 43.3 Å². The van der Waals surface area contributed by atoms with Gasteiger partial charge in [-0.25, -0.2) is 48.1 Å². The van der Waals surface area contributed by atoms with E-state index in [-0.39, 0.29) is 88.3 Å². The normalized spacial score (nSPS) is 23.5. The van der Waals surface area contributed by atoms with E-state index in [9.17, 15) is 37.2 Å². The molecule has 19 rings (SSSR count). The molecule has 0 bridgehead atoms. The highest BCUT2D eigenvalue weighted by Crippen LogP contribution is 2.45. The van der Waals surface area contributed by atoms with Crippen LogP contribution < -0.4 is 44.6 Å². The van der Waals surface area contributed by atoms with E-state index in [1.54, 1.807) is 92.1 Å². The molecular formula is C99H122Cl3N25O8S2. The number of amides is 7. The van der Waals surface area contributed by atoms with Crippen LogP contribution in [0.2, 0.25) is 15.2 Å². The molecule has 137 heavy (non-hydrogen) atoms. The molecule has 33 nitrogen and oxygen atoms in total. The lowest BCUT2D eigenvalue weighted by Gasteiger charge is -2.43. The highest BCUT2D eigenvalue weighted by atomic mass is 35.5. The van der Waals surface area contributed by atoms with E-state index in [0.29, 0.717) is 82.7 Å². The summed E-state index contributed by atoms with van der Waals surface area (Å²) in [7, 11) is 4.46. The van der Waals surface area contributed by atoms with Crippen LogP contribution in [0.1, 0.15) is 178 Å². The monoisotopic (exact) mass is 1960 g/mol. The van der Waals surface area contributed by atoms with Gasteiger partial charge in [-0.1, -0.05) is 177 Å². The van der Waals surface area contributed by atoms with Crippen LogP contribution in [0, 0.1) is 30.6 Å². The number of aliphatic imine (C=N–C) groups is 5. The maximum atomic E-state index is 13.4. The van der Waals surface area contributed by atoms with Crippen LogP contribution in [-0.4, -0.2) is 196 Å². The number of nitrogens with two attached hydrogens (primary N) is 5. The Labute approximate surface area is 817 Å². The van der Waals surface area contributed by atoms with Gasteiger partial charge < -0.3 is 44.6 Å². The third kappa shape index (κ3) is 22.0. The molecule has 1 saturated heterocycles. The fourth-order valence-corrected chi connectivity index (χ4v) is 23.0. The Hall–Kier alpha value is -12.2. The van der Waals surface area contributed by atoms with E-state index < -0.39 is 37.7 Å². The van der Waals surface area contributed by atoms with E-state index in [2.05, 4.69) is 87.1 Å². The first kappa shape index (κ1) is 99.3. The molecule has 4 fully saturated rings. The molecule has 13 N–H and O–H groups in total. The number of aryl methyl sites for hydroxylation is 2. The Bertz CT molecular complexity index is 6500. The van der Waals surface area contributed by atoms with Crippen molar-refractivity contribution in [2.45, 2.75) is 215 Å². The molecule has 7 amide bonds. The number of sulfonamides is 1. The lowest BCUT2D eigenvalue weighted by atomic mass is 9.74. The van der Waals surface area contributed by atoms with Crippen LogP contribution in [0.4, 0.5) is 16.3 Å². The average Bonchev–Trinajstić information content (AvgIpc) is 1.67. The number of nitrogens with one attached hydrogen (secondary N) is 3. The van der Waals surface area contributed by atoms with Crippen molar-refractivity contribution in [3.8, 4) is 11.3 Å². The van der Waals surface area contributed by atoms with Crippen molar-refractivity contribution >= 4 is 165 Å². The number of para-hydroxylation sites is 2. The number of rotatable bonds is 20. The van der Waals surface area contributed by atoms with Crippen molar-refractivity contribution in [1.82, 2.24) is 63.7 Å². The number of hydrogen-bond acceptors (Lipinski definition) is 24. The minimum absolute atomic E-state index is 0.0171. The molecule has 2 unspecified atom stereocenters. The predicted octanol–water partition coefficient (Wildman–Crippen LogP) is 14.8. The van der Waals surface area contributed by atoms with Crippen molar-refractivity contribution in [1.29, 1.82) is 0 Å². The second kappa shape index (κ2) is 40.9. The van der Waals surface area contributed by atoms with Gasteiger partial charge >= 0.3 is 6.03 Å². The molecule has 4 aromatic heterocycles. The Kier molecular flexibility index (Phi) is 29.6. The Morgan fingerprint density at radius 3 is 1.92 bits per heavy atom. The number of nitrogens with zero attached hydrogens (tertiary/aromatic N) is 17. The van der Waals surface area contributed by atoms with Crippen LogP contribution in [0.15, 0.2) is 182 Å². The van der Waals surface area contributed by atoms with Gasteiger partial charge in [-0.2, -0.15) is 14.5 Å². The second-order valence-electron chi connectivity index (χ2n) is 38.4. The van der Waals surface area contributed by atoms with Crippen LogP contribution in [0.5, 0.6) is 0 Å². The van der Waals surface area contributed by atoms with Crippen molar-refractivity contribution in [3.05, 3.63) is 194 Å². The Balaban J connectivity index is 0.000000132. The number of likely N-dealkylation sites (N-methyl/N-ethyl adjacent to an activating group) is 2. The number of pyridine rings is 1. The van der Waals surface area contributed by atoms with Crippen LogP contribution in [-0.2, 0) is 71.8 Å². The molecule has 9 aliphatic rings. The first-order chi connectivity index (χ1) is 65.1. The minimum atomic E-state index is -3.80. The van der Waals surface area contributed by atoms with Gasteiger partial charge in [-0.3, -0.25) is 57.8 Å². The molecule has 10 aromatic rings. The number of fused-ring (bicyclic) bond motifs is 3. The predicted molar refractivity (Wildman–Crippen MR) is 541 cm³/mol. The zero-order chi connectivity index (χ0) is 98.0. The summed E-state index contributed by atoms with van der Waals surface area (Å²) >= 11 is 19.9. The molecule has 3 saturated carbocycles. The summed E-state index contributed by atoms with van der Waals surface area (Å²) in [6.45, 7) is 13.0. The van der Waals surface area contributed by atoms with Crippen molar-refractivity contribution in [2.75, 3.05) is 51.9 Å². The Morgan fingerprint density at radius 2 is 1.27 bits per heavy atom. The summed E-state index contributed by atoms with van der Waals surface area (Å²) in [6, 6.07) is 48.9. The van der Waals surface area contributed by atoms with E-state index in [1.165, 1.54) is 84.9 Å².